The molecule has 15 heavy (non-hydrogen) atoms. The van der Waals surface area contributed by atoms with Crippen molar-refractivity contribution in [3.05, 3.63) is 0 Å². The smallest absolute Gasteiger partial charge is 0.155 e. The molecule has 0 aromatic heterocycles. The molecule has 0 amide bonds. The van der Waals surface area contributed by atoms with Crippen molar-refractivity contribution < 1.29 is 17.9 Å². The van der Waals surface area contributed by atoms with Crippen LogP contribution < -0.4 is 0 Å². The lowest BCUT2D eigenvalue weighted by Gasteiger charge is -2.17. The summed E-state index contributed by atoms with van der Waals surface area (Å²) in [5.74, 6) is 0. The molecule has 0 radical (unpaired) electrons. The van der Waals surface area contributed by atoms with Crippen LogP contribution in [-0.2, 0) is 19.3 Å². The van der Waals surface area contributed by atoms with Gasteiger partial charge in [-0.1, -0.05) is 0 Å². The Morgan fingerprint density at radius 3 is 1.67 bits per heavy atom. The first-order valence-electron chi connectivity index (χ1n) is 5.46. The van der Waals surface area contributed by atoms with Crippen LogP contribution in [-0.4, -0.2) is 44.3 Å². The highest BCUT2D eigenvalue weighted by Crippen LogP contribution is 2.26. The molecule has 2 fully saturated rings. The Hall–Kier alpha value is -0.130. The standard InChI is InChI=1S/C10H18O4S/c1-7(3-9-5-13-9)15(11,12)8(2)4-10-6-14-10/h7-10H,3-6H2,1-2H3. The molecule has 4 atom stereocenters. The number of epoxide rings is 2. The fourth-order valence-electron chi connectivity index (χ4n) is 1.81. The number of hydrogen-bond acceptors (Lipinski definition) is 4. The Morgan fingerprint density at radius 2 is 1.40 bits per heavy atom. The van der Waals surface area contributed by atoms with E-state index in [9.17, 15) is 8.42 Å². The second-order valence-electron chi connectivity index (χ2n) is 4.59. The topological polar surface area (TPSA) is 59.2 Å². The van der Waals surface area contributed by atoms with Gasteiger partial charge in [0, 0.05) is 0 Å². The quantitative estimate of drug-likeness (QED) is 0.636. The molecule has 2 aliphatic rings. The maximum absolute atomic E-state index is 12.0. The highest BCUT2D eigenvalue weighted by molar-refractivity contribution is 7.92. The third kappa shape index (κ3) is 2.92. The van der Waals surface area contributed by atoms with Gasteiger partial charge in [0.15, 0.2) is 9.84 Å². The van der Waals surface area contributed by atoms with E-state index in [1.54, 1.807) is 13.8 Å². The van der Waals surface area contributed by atoms with Crippen LogP contribution in [0.2, 0.25) is 0 Å². The molecule has 5 heteroatoms. The van der Waals surface area contributed by atoms with Gasteiger partial charge in [0.05, 0.1) is 35.9 Å². The van der Waals surface area contributed by atoms with Gasteiger partial charge in [0.2, 0.25) is 0 Å². The van der Waals surface area contributed by atoms with Crippen molar-refractivity contribution in [1.82, 2.24) is 0 Å². The highest BCUT2D eigenvalue weighted by Gasteiger charge is 2.37. The van der Waals surface area contributed by atoms with Gasteiger partial charge in [0.1, 0.15) is 0 Å². The summed E-state index contributed by atoms with van der Waals surface area (Å²) in [6.45, 7) is 5.00. The van der Waals surface area contributed by atoms with Gasteiger partial charge in [0.25, 0.3) is 0 Å². The zero-order valence-electron chi connectivity index (χ0n) is 9.18. The van der Waals surface area contributed by atoms with Crippen molar-refractivity contribution >= 4 is 9.84 Å². The average Bonchev–Trinajstić information content (AvgIpc) is 2.97. The van der Waals surface area contributed by atoms with Crippen molar-refractivity contribution in [2.45, 2.75) is 49.4 Å². The third-order valence-corrected chi connectivity index (χ3v) is 5.74. The Morgan fingerprint density at radius 1 is 1.07 bits per heavy atom. The molecular weight excluding hydrogens is 216 g/mol. The minimum absolute atomic E-state index is 0.180. The summed E-state index contributed by atoms with van der Waals surface area (Å²) < 4.78 is 34.2. The van der Waals surface area contributed by atoms with Crippen LogP contribution in [0, 0.1) is 0 Å². The van der Waals surface area contributed by atoms with E-state index in [0.29, 0.717) is 12.8 Å². The summed E-state index contributed by atoms with van der Waals surface area (Å²) >= 11 is 0. The van der Waals surface area contributed by atoms with Crippen LogP contribution in [0.4, 0.5) is 0 Å². The monoisotopic (exact) mass is 234 g/mol. The van der Waals surface area contributed by atoms with Crippen molar-refractivity contribution in [1.29, 1.82) is 0 Å². The minimum atomic E-state index is -3.01. The number of ether oxygens (including phenoxy) is 2. The Bertz CT molecular complexity index is 290. The molecule has 2 heterocycles. The summed E-state index contributed by atoms with van der Waals surface area (Å²) in [7, 11) is -3.01. The number of rotatable bonds is 6. The number of sulfone groups is 1. The summed E-state index contributed by atoms with van der Waals surface area (Å²) in [5, 5.41) is -0.586. The largest absolute Gasteiger partial charge is 0.373 e. The van der Waals surface area contributed by atoms with E-state index in [0.717, 1.165) is 13.2 Å². The molecule has 0 spiro atoms. The number of hydrogen-bond donors (Lipinski definition) is 0. The lowest BCUT2D eigenvalue weighted by atomic mass is 10.2. The maximum atomic E-state index is 12.0. The molecule has 2 rings (SSSR count). The Labute approximate surface area is 90.9 Å². The minimum Gasteiger partial charge on any atom is -0.373 e. The average molecular weight is 234 g/mol. The van der Waals surface area contributed by atoms with Gasteiger partial charge in [-0.05, 0) is 26.7 Å². The van der Waals surface area contributed by atoms with Crippen molar-refractivity contribution in [2.24, 2.45) is 0 Å². The molecule has 88 valence electrons. The lowest BCUT2D eigenvalue weighted by Crippen LogP contribution is -2.30. The van der Waals surface area contributed by atoms with Crippen LogP contribution in [0.25, 0.3) is 0 Å². The maximum Gasteiger partial charge on any atom is 0.155 e. The van der Waals surface area contributed by atoms with Crippen LogP contribution in [0.1, 0.15) is 26.7 Å². The zero-order chi connectivity index (χ0) is 11.1. The fourth-order valence-corrected chi connectivity index (χ4v) is 3.57. The first-order valence-corrected chi connectivity index (χ1v) is 7.07. The van der Waals surface area contributed by atoms with Crippen molar-refractivity contribution in [2.75, 3.05) is 13.2 Å². The van der Waals surface area contributed by atoms with Gasteiger partial charge in [-0.3, -0.25) is 0 Å². The molecule has 0 bridgehead atoms. The molecule has 0 saturated carbocycles. The van der Waals surface area contributed by atoms with Crippen LogP contribution in [0.15, 0.2) is 0 Å². The first kappa shape index (κ1) is 11.4. The molecule has 2 saturated heterocycles. The summed E-state index contributed by atoms with van der Waals surface area (Å²) in [6, 6.07) is 0. The van der Waals surface area contributed by atoms with E-state index in [-0.39, 0.29) is 22.7 Å². The first-order chi connectivity index (χ1) is 7.00. The fraction of sp³-hybridized carbons (Fsp3) is 1.00. The van der Waals surface area contributed by atoms with E-state index in [4.69, 9.17) is 9.47 Å². The molecule has 2 aliphatic heterocycles. The van der Waals surface area contributed by atoms with Gasteiger partial charge >= 0.3 is 0 Å². The van der Waals surface area contributed by atoms with Gasteiger partial charge < -0.3 is 9.47 Å². The van der Waals surface area contributed by atoms with E-state index in [2.05, 4.69) is 0 Å². The van der Waals surface area contributed by atoms with Crippen LogP contribution in [0.5, 0.6) is 0 Å². The molecule has 4 nitrogen and oxygen atoms in total. The summed E-state index contributed by atoms with van der Waals surface area (Å²) in [6.07, 6.45) is 1.63. The summed E-state index contributed by atoms with van der Waals surface area (Å²) in [4.78, 5) is 0. The third-order valence-electron chi connectivity index (χ3n) is 3.12. The molecule has 0 aromatic carbocycles. The SMILES string of the molecule is CC(CC1CO1)S(=O)(=O)C(C)CC1CO1. The highest BCUT2D eigenvalue weighted by atomic mass is 32.2. The van der Waals surface area contributed by atoms with Gasteiger partial charge in [-0.25, -0.2) is 8.42 Å². The van der Waals surface area contributed by atoms with E-state index < -0.39 is 9.84 Å². The van der Waals surface area contributed by atoms with Crippen LogP contribution in [0.3, 0.4) is 0 Å². The van der Waals surface area contributed by atoms with Gasteiger partial charge in [-0.2, -0.15) is 0 Å². The Balaban J connectivity index is 1.89. The lowest BCUT2D eigenvalue weighted by molar-refractivity contribution is 0.388. The van der Waals surface area contributed by atoms with Crippen molar-refractivity contribution in [3.8, 4) is 0 Å². The van der Waals surface area contributed by atoms with E-state index in [1.165, 1.54) is 0 Å². The zero-order valence-corrected chi connectivity index (χ0v) is 10.00. The molecule has 0 aliphatic carbocycles. The second-order valence-corrected chi connectivity index (χ2v) is 7.38. The predicted molar refractivity (Wildman–Crippen MR) is 56.6 cm³/mol. The molecule has 0 aromatic rings. The van der Waals surface area contributed by atoms with E-state index in [1.807, 2.05) is 0 Å². The molecule has 4 unspecified atom stereocenters. The molecule has 0 N–H and O–H groups in total. The normalized spacial score (nSPS) is 33.5. The Kier molecular flexibility index (Phi) is 3.05. The van der Waals surface area contributed by atoms with Gasteiger partial charge in [-0.15, -0.1) is 0 Å². The van der Waals surface area contributed by atoms with Crippen LogP contribution >= 0.6 is 0 Å². The van der Waals surface area contributed by atoms with E-state index >= 15 is 0 Å². The predicted octanol–water partition coefficient (Wildman–Crippen LogP) is 0.756. The second kappa shape index (κ2) is 4.03. The van der Waals surface area contributed by atoms with Crippen molar-refractivity contribution in [3.63, 3.8) is 0 Å². The summed E-state index contributed by atoms with van der Waals surface area (Å²) in [5.41, 5.74) is 0. The molecular formula is C10H18O4S.